The van der Waals surface area contributed by atoms with E-state index in [1.807, 2.05) is 6.92 Å². The number of urea groups is 1. The summed E-state index contributed by atoms with van der Waals surface area (Å²) in [5.74, 6) is -0.495. The van der Waals surface area contributed by atoms with Gasteiger partial charge in [0.2, 0.25) is 0 Å². The van der Waals surface area contributed by atoms with E-state index < -0.39 is 28.2 Å². The summed E-state index contributed by atoms with van der Waals surface area (Å²) >= 11 is 0. The van der Waals surface area contributed by atoms with Gasteiger partial charge in [-0.05, 0) is 31.9 Å². The first-order valence-corrected chi connectivity index (χ1v) is 15.2. The van der Waals surface area contributed by atoms with Crippen LogP contribution in [0.4, 0.5) is 10.5 Å². The number of hydrogen-bond donors (Lipinski definition) is 3. The Labute approximate surface area is 235 Å². The number of nitrogens with one attached hydrogen (secondary N) is 2. The molecular formula is C27H40N6O6S. The maximum atomic E-state index is 13.7. The van der Waals surface area contributed by atoms with Crippen molar-refractivity contribution in [1.29, 1.82) is 0 Å². The van der Waals surface area contributed by atoms with Crippen molar-refractivity contribution in [3.05, 3.63) is 36.3 Å². The molecule has 3 N–H and O–H groups in total. The largest absolute Gasteiger partial charge is 0.486 e. The SMILES string of the molecule is C[C@H]1CN([C@@H](C)CO)C(=O)c2cccc(NC(=O)NC3CCCCC3)c2O[C@@H]1CN(C)S(=O)(=O)c1cn(C)cn1. The second-order valence-corrected chi connectivity index (χ2v) is 12.9. The Morgan fingerprint density at radius 3 is 2.65 bits per heavy atom. The number of sulfonamides is 1. The highest BCUT2D eigenvalue weighted by Crippen LogP contribution is 2.35. The van der Waals surface area contributed by atoms with E-state index in [0.29, 0.717) is 5.69 Å². The molecule has 4 rings (SSSR count). The fraction of sp³-hybridized carbons (Fsp3) is 0.593. The molecule has 1 aliphatic carbocycles. The number of amides is 3. The average Bonchev–Trinajstić information content (AvgIpc) is 3.38. The van der Waals surface area contributed by atoms with Gasteiger partial charge in [-0.2, -0.15) is 4.31 Å². The van der Waals surface area contributed by atoms with Crippen molar-refractivity contribution in [1.82, 2.24) is 24.1 Å². The number of carbonyl (C=O) groups excluding carboxylic acids is 2. The van der Waals surface area contributed by atoms with Crippen LogP contribution in [0.25, 0.3) is 0 Å². The normalized spacial score (nSPS) is 21.2. The van der Waals surface area contributed by atoms with E-state index in [0.717, 1.165) is 32.1 Å². The molecule has 2 heterocycles. The molecule has 2 aromatic rings. The standard InChI is InChI=1S/C27H40N6O6S/c1-18-13-33(19(2)16-34)26(35)21-11-8-12-22(30-27(36)29-20-9-6-5-7-10-20)25(21)39-23(18)14-32(4)40(37,38)24-15-31(3)17-28-24/h8,11-12,15,17-20,23,34H,5-7,9-10,13-14,16H2,1-4H3,(H2,29,30,36)/t18-,19-,23+/m0/s1. The van der Waals surface area contributed by atoms with E-state index in [9.17, 15) is 23.1 Å². The molecule has 12 nitrogen and oxygen atoms in total. The van der Waals surface area contributed by atoms with Crippen molar-refractivity contribution in [2.75, 3.05) is 32.1 Å². The van der Waals surface area contributed by atoms with Crippen molar-refractivity contribution in [3.63, 3.8) is 0 Å². The third-order valence-electron chi connectivity index (χ3n) is 7.67. The van der Waals surface area contributed by atoms with Crippen molar-refractivity contribution in [2.24, 2.45) is 13.0 Å². The fourth-order valence-electron chi connectivity index (χ4n) is 5.18. The van der Waals surface area contributed by atoms with Crippen molar-refractivity contribution in [3.8, 4) is 5.75 Å². The van der Waals surface area contributed by atoms with Crippen LogP contribution in [0.2, 0.25) is 0 Å². The topological polar surface area (TPSA) is 146 Å². The van der Waals surface area contributed by atoms with Crippen LogP contribution >= 0.6 is 0 Å². The van der Waals surface area contributed by atoms with Gasteiger partial charge in [0, 0.05) is 38.8 Å². The van der Waals surface area contributed by atoms with Gasteiger partial charge in [-0.25, -0.2) is 18.2 Å². The summed E-state index contributed by atoms with van der Waals surface area (Å²) in [6, 6.07) is 4.14. The molecular weight excluding hydrogens is 536 g/mol. The lowest BCUT2D eigenvalue weighted by Gasteiger charge is -2.38. The van der Waals surface area contributed by atoms with E-state index in [1.54, 1.807) is 41.6 Å². The zero-order valence-electron chi connectivity index (χ0n) is 23.5. The summed E-state index contributed by atoms with van der Waals surface area (Å²) < 4.78 is 35.6. The average molecular weight is 577 g/mol. The van der Waals surface area contributed by atoms with E-state index in [4.69, 9.17) is 4.74 Å². The minimum Gasteiger partial charge on any atom is -0.486 e. The Kier molecular flexibility index (Phi) is 9.37. The molecule has 1 fully saturated rings. The number of anilines is 1. The van der Waals surface area contributed by atoms with Crippen LogP contribution in [-0.2, 0) is 17.1 Å². The number of hydrogen-bond acceptors (Lipinski definition) is 7. The Balaban J connectivity index is 1.65. The smallest absolute Gasteiger partial charge is 0.319 e. The maximum Gasteiger partial charge on any atom is 0.319 e. The number of benzene rings is 1. The zero-order chi connectivity index (χ0) is 29.0. The first-order valence-electron chi connectivity index (χ1n) is 13.7. The summed E-state index contributed by atoms with van der Waals surface area (Å²) in [4.78, 5) is 32.2. The molecule has 220 valence electrons. The van der Waals surface area contributed by atoms with Crippen LogP contribution in [-0.4, -0.2) is 89.2 Å². The molecule has 0 spiro atoms. The number of fused-ring (bicyclic) bond motifs is 1. The molecule has 1 aromatic heterocycles. The Morgan fingerprint density at radius 2 is 2.00 bits per heavy atom. The number of likely N-dealkylation sites (N-methyl/N-ethyl adjacent to an activating group) is 1. The minimum atomic E-state index is -3.91. The van der Waals surface area contributed by atoms with Crippen molar-refractivity contribution >= 4 is 27.6 Å². The Hall–Kier alpha value is -3.16. The number of nitrogens with zero attached hydrogens (tertiary/aromatic N) is 4. The summed E-state index contributed by atoms with van der Waals surface area (Å²) in [5.41, 5.74) is 0.535. The third-order valence-corrected chi connectivity index (χ3v) is 9.38. The Bertz CT molecular complexity index is 1310. The molecule has 0 unspecified atom stereocenters. The summed E-state index contributed by atoms with van der Waals surface area (Å²) in [6.07, 6.45) is 7.29. The molecule has 0 bridgehead atoms. The van der Waals surface area contributed by atoms with E-state index in [-0.39, 0.29) is 53.9 Å². The highest BCUT2D eigenvalue weighted by molar-refractivity contribution is 7.89. The number of carbonyl (C=O) groups is 2. The number of aromatic nitrogens is 2. The summed E-state index contributed by atoms with van der Waals surface area (Å²) in [6.45, 7) is 3.58. The molecule has 2 aliphatic rings. The van der Waals surface area contributed by atoms with Gasteiger partial charge in [-0.3, -0.25) is 4.79 Å². The molecule has 0 radical (unpaired) electrons. The molecule has 3 atom stereocenters. The zero-order valence-corrected chi connectivity index (χ0v) is 24.4. The fourth-order valence-corrected chi connectivity index (χ4v) is 6.33. The second-order valence-electron chi connectivity index (χ2n) is 10.9. The first kappa shape index (κ1) is 29.8. The summed E-state index contributed by atoms with van der Waals surface area (Å²) in [7, 11) is -0.760. The van der Waals surface area contributed by atoms with Crippen LogP contribution in [0.5, 0.6) is 5.75 Å². The predicted octanol–water partition coefficient (Wildman–Crippen LogP) is 2.42. The number of rotatable bonds is 8. The molecule has 40 heavy (non-hydrogen) atoms. The van der Waals surface area contributed by atoms with Crippen LogP contribution in [0, 0.1) is 5.92 Å². The maximum absolute atomic E-state index is 13.7. The van der Waals surface area contributed by atoms with Gasteiger partial charge in [0.25, 0.3) is 15.9 Å². The number of aryl methyl sites for hydroxylation is 1. The van der Waals surface area contributed by atoms with Crippen LogP contribution < -0.4 is 15.4 Å². The minimum absolute atomic E-state index is 0.0301. The lowest BCUT2D eigenvalue weighted by molar-refractivity contribution is 0.0389. The van der Waals surface area contributed by atoms with Gasteiger partial charge in [0.05, 0.1) is 36.8 Å². The molecule has 1 aliphatic heterocycles. The highest BCUT2D eigenvalue weighted by atomic mass is 32.2. The van der Waals surface area contributed by atoms with Crippen LogP contribution in [0.3, 0.4) is 0 Å². The van der Waals surface area contributed by atoms with Gasteiger partial charge in [0.1, 0.15) is 6.10 Å². The lowest BCUT2D eigenvalue weighted by Crippen LogP contribution is -2.50. The van der Waals surface area contributed by atoms with Crippen LogP contribution in [0.15, 0.2) is 35.7 Å². The number of aliphatic hydroxyl groups excluding tert-OH is 1. The van der Waals surface area contributed by atoms with Gasteiger partial charge in [0.15, 0.2) is 10.8 Å². The van der Waals surface area contributed by atoms with Gasteiger partial charge in [-0.1, -0.05) is 32.3 Å². The van der Waals surface area contributed by atoms with Gasteiger partial charge >= 0.3 is 6.03 Å². The summed E-state index contributed by atoms with van der Waals surface area (Å²) in [5, 5.41) is 15.7. The van der Waals surface area contributed by atoms with Crippen molar-refractivity contribution in [2.45, 2.75) is 69.2 Å². The Morgan fingerprint density at radius 1 is 1.27 bits per heavy atom. The van der Waals surface area contributed by atoms with Gasteiger partial charge in [-0.15, -0.1) is 0 Å². The van der Waals surface area contributed by atoms with E-state index in [2.05, 4.69) is 15.6 Å². The second kappa shape index (κ2) is 12.6. The first-order chi connectivity index (χ1) is 19.0. The highest BCUT2D eigenvalue weighted by Gasteiger charge is 2.36. The molecule has 0 saturated heterocycles. The van der Waals surface area contributed by atoms with Crippen molar-refractivity contribution < 1.29 is 27.9 Å². The molecule has 1 saturated carbocycles. The number of para-hydroxylation sites is 1. The third kappa shape index (κ3) is 6.58. The van der Waals surface area contributed by atoms with Crippen LogP contribution in [0.1, 0.15) is 56.3 Å². The molecule has 13 heteroatoms. The van der Waals surface area contributed by atoms with E-state index in [1.165, 1.54) is 23.9 Å². The van der Waals surface area contributed by atoms with Gasteiger partial charge < -0.3 is 29.9 Å². The quantitative estimate of drug-likeness (QED) is 0.437. The predicted molar refractivity (Wildman–Crippen MR) is 150 cm³/mol. The van der Waals surface area contributed by atoms with E-state index >= 15 is 0 Å². The lowest BCUT2D eigenvalue weighted by atomic mass is 9.96. The number of aliphatic hydroxyl groups is 1. The number of imidazole rings is 1. The molecule has 1 aromatic carbocycles. The number of ether oxygens (including phenoxy) is 1. The molecule has 3 amide bonds. The monoisotopic (exact) mass is 576 g/mol.